The first-order chi connectivity index (χ1) is 17.1. The number of anilines is 2. The van der Waals surface area contributed by atoms with Gasteiger partial charge in [0.05, 0.1) is 18.2 Å². The largest absolute Gasteiger partial charge is 0.481 e. The van der Waals surface area contributed by atoms with E-state index in [1.54, 1.807) is 19.4 Å². The van der Waals surface area contributed by atoms with E-state index in [1.165, 1.54) is 16.7 Å². The molecule has 0 saturated carbocycles. The minimum absolute atomic E-state index is 0.199. The Morgan fingerprint density at radius 3 is 2.91 bits per heavy atom. The third-order valence-electron chi connectivity index (χ3n) is 6.00. The molecule has 1 aromatic carbocycles. The summed E-state index contributed by atoms with van der Waals surface area (Å²) in [4.78, 5) is 25.0. The second kappa shape index (κ2) is 10.2. The molecule has 0 spiro atoms. The number of hydrogen-bond acceptors (Lipinski definition) is 6. The molecule has 0 aliphatic carbocycles. The number of rotatable bonds is 5. The molecule has 4 heterocycles. The maximum absolute atomic E-state index is 12.8. The van der Waals surface area contributed by atoms with E-state index < -0.39 is 0 Å². The monoisotopic (exact) mass is 482 g/mol. The lowest BCUT2D eigenvalue weighted by Gasteiger charge is -2.17. The van der Waals surface area contributed by atoms with Crippen LogP contribution in [0.25, 0.3) is 16.3 Å². The molecule has 0 radical (unpaired) electrons. The van der Waals surface area contributed by atoms with E-state index in [9.17, 15) is 4.79 Å². The van der Waals surface area contributed by atoms with Crippen molar-refractivity contribution in [1.82, 2.24) is 9.97 Å². The summed E-state index contributed by atoms with van der Waals surface area (Å²) in [5, 5.41) is 4.66. The molecule has 7 heteroatoms. The molecule has 0 bridgehead atoms. The summed E-state index contributed by atoms with van der Waals surface area (Å²) in [5.41, 5.74) is 8.91. The Kier molecular flexibility index (Phi) is 6.70. The van der Waals surface area contributed by atoms with Crippen LogP contribution in [0.3, 0.4) is 0 Å². The van der Waals surface area contributed by atoms with Gasteiger partial charge >= 0.3 is 0 Å². The van der Waals surface area contributed by atoms with Crippen LogP contribution in [-0.2, 0) is 4.74 Å². The summed E-state index contributed by atoms with van der Waals surface area (Å²) in [6.07, 6.45) is 11.3. The third-order valence-corrected chi connectivity index (χ3v) is 6.90. The fraction of sp³-hybridized carbons (Fsp3) is 0.214. The summed E-state index contributed by atoms with van der Waals surface area (Å²) in [6, 6.07) is 10.0. The lowest BCUT2D eigenvalue weighted by atomic mass is 9.97. The van der Waals surface area contributed by atoms with E-state index in [0.717, 1.165) is 29.0 Å². The number of thioether (sulfide) groups is 1. The highest BCUT2D eigenvalue weighted by atomic mass is 32.2. The Labute approximate surface area is 208 Å². The predicted molar refractivity (Wildman–Crippen MR) is 146 cm³/mol. The normalized spacial score (nSPS) is 15.7. The summed E-state index contributed by atoms with van der Waals surface area (Å²) in [7, 11) is 1.59. The lowest BCUT2D eigenvalue weighted by Crippen LogP contribution is -2.12. The van der Waals surface area contributed by atoms with Gasteiger partial charge in [-0.2, -0.15) is 11.8 Å². The van der Waals surface area contributed by atoms with Crippen LogP contribution >= 0.6 is 11.8 Å². The van der Waals surface area contributed by atoms with Gasteiger partial charge < -0.3 is 15.0 Å². The Hall–Kier alpha value is -3.80. The second-order valence-corrected chi connectivity index (χ2v) is 9.48. The topological polar surface area (TPSA) is 79.4 Å². The summed E-state index contributed by atoms with van der Waals surface area (Å²) < 4.78 is 5.39. The van der Waals surface area contributed by atoms with Gasteiger partial charge in [0.1, 0.15) is 11.5 Å². The minimum Gasteiger partial charge on any atom is -0.481 e. The van der Waals surface area contributed by atoms with E-state index in [-0.39, 0.29) is 5.56 Å². The molecule has 0 saturated heterocycles. The van der Waals surface area contributed by atoms with Crippen LogP contribution in [0.4, 0.5) is 11.5 Å². The van der Waals surface area contributed by atoms with Gasteiger partial charge in [-0.1, -0.05) is 12.1 Å². The number of methoxy groups -OCH3 is 1. The highest BCUT2D eigenvalue weighted by Gasteiger charge is 2.15. The highest BCUT2D eigenvalue weighted by Crippen LogP contribution is 2.31. The molecule has 35 heavy (non-hydrogen) atoms. The van der Waals surface area contributed by atoms with E-state index >= 15 is 0 Å². The maximum Gasteiger partial charge on any atom is 0.259 e. The first kappa shape index (κ1) is 23.0. The molecular formula is C28H26N4O2S. The minimum atomic E-state index is -0.199. The van der Waals surface area contributed by atoms with Gasteiger partial charge in [-0.05, 0) is 84.0 Å². The second-order valence-electron chi connectivity index (χ2n) is 8.33. The van der Waals surface area contributed by atoms with Gasteiger partial charge in [-0.25, -0.2) is 9.98 Å². The fourth-order valence-corrected chi connectivity index (χ4v) is 5.12. The molecule has 2 aliphatic rings. The number of ether oxygens (including phenoxy) is 1. The number of pyridine rings is 2. The first-order valence-corrected chi connectivity index (χ1v) is 12.7. The Morgan fingerprint density at radius 2 is 2.11 bits per heavy atom. The quantitative estimate of drug-likeness (QED) is 0.444. The van der Waals surface area contributed by atoms with Crippen LogP contribution in [-0.4, -0.2) is 34.3 Å². The number of fused-ring (bicyclic) bond motifs is 1. The van der Waals surface area contributed by atoms with E-state index in [4.69, 9.17) is 9.72 Å². The molecule has 2 aliphatic heterocycles. The lowest BCUT2D eigenvalue weighted by molar-refractivity contribution is 0.287. The molecule has 0 amide bonds. The predicted octanol–water partition coefficient (Wildman–Crippen LogP) is 5.89. The van der Waals surface area contributed by atoms with E-state index in [2.05, 4.69) is 46.2 Å². The number of aromatic nitrogens is 2. The average molecular weight is 483 g/mol. The van der Waals surface area contributed by atoms with Gasteiger partial charge in [0.25, 0.3) is 5.56 Å². The van der Waals surface area contributed by atoms with Crippen LogP contribution in [0.2, 0.25) is 0 Å². The van der Waals surface area contributed by atoms with E-state index in [0.29, 0.717) is 34.9 Å². The highest BCUT2D eigenvalue weighted by molar-refractivity contribution is 7.99. The standard InChI is InChI=1S/C28H26N4O2S/c1-18-16-21(8-9-22(18)19-11-14-35-15-12-19)30-27-26-20(10-13-29-28(26)33)17-24(32-27)23-6-4-3-5-7-25(31-23)34-2/h3,6-11,13,16-17H,5,12,14-15H2,1-2H3,(H,29,33)(H,30,32). The number of nitrogens with one attached hydrogen (secondary N) is 2. The van der Waals surface area contributed by atoms with Crippen molar-refractivity contribution in [3.8, 4) is 0 Å². The third kappa shape index (κ3) is 5.02. The summed E-state index contributed by atoms with van der Waals surface area (Å²) >= 11 is 1.96. The molecule has 6 nitrogen and oxygen atoms in total. The van der Waals surface area contributed by atoms with Crippen LogP contribution in [0.1, 0.15) is 29.7 Å². The van der Waals surface area contributed by atoms with Gasteiger partial charge in [-0.15, -0.1) is 5.73 Å². The zero-order valence-corrected chi connectivity index (χ0v) is 20.5. The van der Waals surface area contributed by atoms with Gasteiger partial charge in [-0.3, -0.25) is 4.79 Å². The summed E-state index contributed by atoms with van der Waals surface area (Å²) in [5.74, 6) is 3.21. The zero-order valence-electron chi connectivity index (χ0n) is 19.7. The van der Waals surface area contributed by atoms with Gasteiger partial charge in [0, 0.05) is 23.7 Å². The number of hydrogen-bond donors (Lipinski definition) is 2. The number of aryl methyl sites for hydroxylation is 1. The number of H-pyrrole nitrogens is 1. The molecule has 176 valence electrons. The van der Waals surface area contributed by atoms with Crippen molar-refractivity contribution in [3.05, 3.63) is 99.6 Å². The summed E-state index contributed by atoms with van der Waals surface area (Å²) in [6.45, 7) is 2.12. The number of benzene rings is 1. The zero-order chi connectivity index (χ0) is 24.2. The number of nitrogens with zero attached hydrogens (tertiary/aromatic N) is 2. The van der Waals surface area contributed by atoms with Crippen LogP contribution in [0, 0.1) is 6.92 Å². The van der Waals surface area contributed by atoms with Crippen molar-refractivity contribution in [2.75, 3.05) is 23.9 Å². The van der Waals surface area contributed by atoms with Crippen LogP contribution in [0.5, 0.6) is 0 Å². The van der Waals surface area contributed by atoms with Crippen molar-refractivity contribution < 1.29 is 4.74 Å². The molecule has 0 atom stereocenters. The molecule has 5 rings (SSSR count). The number of aliphatic imine (C=N–C) groups is 1. The van der Waals surface area contributed by atoms with Crippen molar-refractivity contribution in [3.63, 3.8) is 0 Å². The van der Waals surface area contributed by atoms with Gasteiger partial charge in [0.15, 0.2) is 0 Å². The maximum atomic E-state index is 12.8. The average Bonchev–Trinajstić information content (AvgIpc) is 2.85. The smallest absolute Gasteiger partial charge is 0.259 e. The molecule has 2 N–H and O–H groups in total. The Bertz CT molecular complexity index is 1510. The Morgan fingerprint density at radius 1 is 1.20 bits per heavy atom. The Balaban J connectivity index is 1.58. The van der Waals surface area contributed by atoms with Crippen molar-refractivity contribution in [2.45, 2.75) is 19.8 Å². The van der Waals surface area contributed by atoms with Gasteiger partial charge in [0.2, 0.25) is 5.88 Å². The SMILES string of the molecule is COC1=CCC=C=CC(c2cc3cc[nH]c(=O)c3c(Nc3ccc(C4=CCSCC4)c(C)c3)n2)=N1. The van der Waals surface area contributed by atoms with Crippen molar-refractivity contribution >= 4 is 45.3 Å². The van der Waals surface area contributed by atoms with Crippen molar-refractivity contribution in [2.24, 2.45) is 4.99 Å². The molecule has 0 fully saturated rings. The number of aromatic amines is 1. The molecular weight excluding hydrogens is 456 g/mol. The first-order valence-electron chi connectivity index (χ1n) is 11.5. The fourth-order valence-electron chi connectivity index (χ4n) is 4.27. The molecule has 3 aromatic rings. The van der Waals surface area contributed by atoms with Crippen LogP contribution in [0.15, 0.2) is 82.2 Å². The van der Waals surface area contributed by atoms with E-state index in [1.807, 2.05) is 42.1 Å². The van der Waals surface area contributed by atoms with Crippen molar-refractivity contribution in [1.29, 1.82) is 0 Å². The number of allylic oxidation sites excluding steroid dienone is 3. The molecule has 2 aromatic heterocycles. The van der Waals surface area contributed by atoms with Crippen LogP contribution < -0.4 is 10.9 Å². The molecule has 0 unspecified atom stereocenters.